The number of hydrogen-bond acceptors (Lipinski definition) is 3. The molecule has 5 heteroatoms. The molecule has 0 aliphatic heterocycles. The van der Waals surface area contributed by atoms with Crippen molar-refractivity contribution in [1.82, 2.24) is 19.7 Å². The fourth-order valence-electron chi connectivity index (χ4n) is 1.65. The molecule has 0 radical (unpaired) electrons. The lowest BCUT2D eigenvalue weighted by Crippen LogP contribution is -2.00. The highest BCUT2D eigenvalue weighted by Crippen LogP contribution is 2.17. The van der Waals surface area contributed by atoms with Crippen LogP contribution in [0.2, 0.25) is 0 Å². The van der Waals surface area contributed by atoms with E-state index in [9.17, 15) is 0 Å². The summed E-state index contributed by atoms with van der Waals surface area (Å²) in [5, 5.41) is 7.10. The summed E-state index contributed by atoms with van der Waals surface area (Å²) in [5.74, 6) is 0.886. The van der Waals surface area contributed by atoms with Crippen molar-refractivity contribution < 1.29 is 0 Å². The van der Waals surface area contributed by atoms with E-state index in [1.165, 1.54) is 0 Å². The first-order valence-electron chi connectivity index (χ1n) is 5.30. The first-order chi connectivity index (χ1) is 7.72. The summed E-state index contributed by atoms with van der Waals surface area (Å²) in [7, 11) is 0. The Balaban J connectivity index is 2.51. The van der Waals surface area contributed by atoms with E-state index in [1.807, 2.05) is 23.6 Å². The Morgan fingerprint density at radius 1 is 1.50 bits per heavy atom. The largest absolute Gasteiger partial charge is 0.300 e. The van der Waals surface area contributed by atoms with E-state index in [2.05, 4.69) is 22.1 Å². The van der Waals surface area contributed by atoms with Crippen LogP contribution in [0.4, 0.5) is 0 Å². The molecule has 4 nitrogen and oxygen atoms in total. The second-order valence-electron chi connectivity index (χ2n) is 3.69. The van der Waals surface area contributed by atoms with E-state index in [4.69, 9.17) is 12.2 Å². The standard InChI is InChI=1S/C11H14N4S/c1-3-6-15-10(13-14-11(15)16)9-4-5-12-8(2)7-9/h4-5,7H,3,6H2,1-2H3,(H,14,16). The van der Waals surface area contributed by atoms with E-state index in [-0.39, 0.29) is 0 Å². The maximum atomic E-state index is 5.20. The highest BCUT2D eigenvalue weighted by atomic mass is 32.1. The molecular weight excluding hydrogens is 220 g/mol. The molecule has 0 aromatic carbocycles. The van der Waals surface area contributed by atoms with Crippen molar-refractivity contribution in [3.05, 3.63) is 28.8 Å². The van der Waals surface area contributed by atoms with Crippen LogP contribution in [0.5, 0.6) is 0 Å². The Morgan fingerprint density at radius 3 is 3.00 bits per heavy atom. The molecule has 0 aliphatic carbocycles. The predicted molar refractivity (Wildman–Crippen MR) is 65.7 cm³/mol. The minimum absolute atomic E-state index is 0.673. The van der Waals surface area contributed by atoms with Gasteiger partial charge in [-0.1, -0.05) is 6.92 Å². The molecule has 0 bridgehead atoms. The normalized spacial score (nSPS) is 10.6. The summed E-state index contributed by atoms with van der Waals surface area (Å²) >= 11 is 5.20. The topological polar surface area (TPSA) is 46.5 Å². The van der Waals surface area contributed by atoms with E-state index in [0.717, 1.165) is 30.0 Å². The second kappa shape index (κ2) is 4.57. The highest BCUT2D eigenvalue weighted by molar-refractivity contribution is 7.71. The van der Waals surface area contributed by atoms with Crippen molar-refractivity contribution in [2.45, 2.75) is 26.8 Å². The highest BCUT2D eigenvalue weighted by Gasteiger charge is 2.07. The minimum Gasteiger partial charge on any atom is -0.300 e. The maximum Gasteiger partial charge on any atom is 0.195 e. The van der Waals surface area contributed by atoms with Crippen molar-refractivity contribution >= 4 is 12.2 Å². The quantitative estimate of drug-likeness (QED) is 0.831. The summed E-state index contributed by atoms with van der Waals surface area (Å²) in [4.78, 5) is 4.17. The Labute approximate surface area is 99.4 Å². The van der Waals surface area contributed by atoms with E-state index in [0.29, 0.717) is 4.77 Å². The van der Waals surface area contributed by atoms with Gasteiger partial charge in [0, 0.05) is 24.0 Å². The summed E-state index contributed by atoms with van der Waals surface area (Å²) in [5.41, 5.74) is 2.03. The molecule has 0 fully saturated rings. The van der Waals surface area contributed by atoms with Crippen molar-refractivity contribution in [2.75, 3.05) is 0 Å². The van der Waals surface area contributed by atoms with Crippen LogP contribution < -0.4 is 0 Å². The Bertz CT molecular complexity index is 541. The van der Waals surface area contributed by atoms with Gasteiger partial charge in [0.05, 0.1) is 0 Å². The van der Waals surface area contributed by atoms with Gasteiger partial charge in [0.2, 0.25) is 0 Å². The Morgan fingerprint density at radius 2 is 2.31 bits per heavy atom. The average molecular weight is 234 g/mol. The van der Waals surface area contributed by atoms with Crippen LogP contribution >= 0.6 is 12.2 Å². The summed E-state index contributed by atoms with van der Waals surface area (Å²) in [6.45, 7) is 4.97. The maximum absolute atomic E-state index is 5.20. The number of rotatable bonds is 3. The lowest BCUT2D eigenvalue weighted by Gasteiger charge is -2.05. The fraction of sp³-hybridized carbons (Fsp3) is 0.364. The van der Waals surface area contributed by atoms with Crippen LogP contribution in [0.1, 0.15) is 19.0 Å². The van der Waals surface area contributed by atoms with Gasteiger partial charge in [-0.05, 0) is 37.7 Å². The number of hydrogen-bond donors (Lipinski definition) is 1. The molecule has 0 saturated carbocycles. The molecule has 0 atom stereocenters. The van der Waals surface area contributed by atoms with Crippen LogP contribution in [-0.4, -0.2) is 19.7 Å². The SMILES string of the molecule is CCCn1c(-c2ccnc(C)c2)n[nH]c1=S. The van der Waals surface area contributed by atoms with E-state index < -0.39 is 0 Å². The molecule has 2 aromatic rings. The molecule has 0 spiro atoms. The van der Waals surface area contributed by atoms with Crippen molar-refractivity contribution in [3.63, 3.8) is 0 Å². The number of aromatic nitrogens is 4. The van der Waals surface area contributed by atoms with Gasteiger partial charge < -0.3 is 4.57 Å². The van der Waals surface area contributed by atoms with Gasteiger partial charge in [0.25, 0.3) is 0 Å². The number of nitrogens with zero attached hydrogens (tertiary/aromatic N) is 3. The molecule has 16 heavy (non-hydrogen) atoms. The number of H-pyrrole nitrogens is 1. The van der Waals surface area contributed by atoms with Gasteiger partial charge in [0.15, 0.2) is 10.6 Å². The lowest BCUT2D eigenvalue weighted by atomic mass is 10.2. The Hall–Kier alpha value is -1.49. The lowest BCUT2D eigenvalue weighted by molar-refractivity contribution is 0.674. The van der Waals surface area contributed by atoms with Crippen LogP contribution in [0.15, 0.2) is 18.3 Å². The molecular formula is C11H14N4S. The zero-order valence-corrected chi connectivity index (χ0v) is 10.2. The molecule has 1 N–H and O–H groups in total. The van der Waals surface area contributed by atoms with E-state index in [1.54, 1.807) is 6.20 Å². The van der Waals surface area contributed by atoms with Gasteiger partial charge in [-0.25, -0.2) is 0 Å². The number of aromatic amines is 1. The van der Waals surface area contributed by atoms with Crippen LogP contribution in [0.25, 0.3) is 11.4 Å². The molecule has 0 amide bonds. The summed E-state index contributed by atoms with van der Waals surface area (Å²) in [6.07, 6.45) is 2.82. The van der Waals surface area contributed by atoms with Gasteiger partial charge in [0.1, 0.15) is 0 Å². The van der Waals surface area contributed by atoms with Crippen LogP contribution in [-0.2, 0) is 6.54 Å². The third-order valence-electron chi connectivity index (χ3n) is 2.36. The van der Waals surface area contributed by atoms with Gasteiger partial charge in [-0.2, -0.15) is 5.10 Å². The fourth-order valence-corrected chi connectivity index (χ4v) is 1.88. The molecule has 0 saturated heterocycles. The smallest absolute Gasteiger partial charge is 0.195 e. The summed E-state index contributed by atoms with van der Waals surface area (Å²) < 4.78 is 2.69. The molecule has 2 heterocycles. The van der Waals surface area contributed by atoms with Crippen LogP contribution in [0, 0.1) is 11.7 Å². The molecule has 84 valence electrons. The molecule has 2 aromatic heterocycles. The van der Waals surface area contributed by atoms with Gasteiger partial charge in [-0.15, -0.1) is 0 Å². The first-order valence-corrected chi connectivity index (χ1v) is 5.71. The third-order valence-corrected chi connectivity index (χ3v) is 2.67. The average Bonchev–Trinajstić information content (AvgIpc) is 2.61. The minimum atomic E-state index is 0.673. The molecule has 0 unspecified atom stereocenters. The number of pyridine rings is 1. The van der Waals surface area contributed by atoms with Crippen LogP contribution in [0.3, 0.4) is 0 Å². The monoisotopic (exact) mass is 234 g/mol. The zero-order chi connectivity index (χ0) is 11.5. The second-order valence-corrected chi connectivity index (χ2v) is 4.08. The number of nitrogens with one attached hydrogen (secondary N) is 1. The third kappa shape index (κ3) is 2.04. The predicted octanol–water partition coefficient (Wildman–Crippen LogP) is 2.72. The first kappa shape index (κ1) is 11.0. The van der Waals surface area contributed by atoms with Crippen molar-refractivity contribution in [2.24, 2.45) is 0 Å². The molecule has 2 rings (SSSR count). The zero-order valence-electron chi connectivity index (χ0n) is 9.40. The Kier molecular flexibility index (Phi) is 3.14. The van der Waals surface area contributed by atoms with Gasteiger partial charge >= 0.3 is 0 Å². The molecule has 0 aliphatic rings. The summed E-state index contributed by atoms with van der Waals surface area (Å²) in [6, 6.07) is 3.96. The van der Waals surface area contributed by atoms with Gasteiger partial charge in [-0.3, -0.25) is 10.1 Å². The number of aryl methyl sites for hydroxylation is 1. The van der Waals surface area contributed by atoms with E-state index >= 15 is 0 Å². The van der Waals surface area contributed by atoms with Crippen molar-refractivity contribution in [3.8, 4) is 11.4 Å². The van der Waals surface area contributed by atoms with Crippen molar-refractivity contribution in [1.29, 1.82) is 0 Å².